The molecule has 2 heterocycles. The molecule has 0 unspecified atom stereocenters. The zero-order chi connectivity index (χ0) is 14.0. The number of hydrogen-bond acceptors (Lipinski definition) is 4. The average Bonchev–Trinajstić information content (AvgIpc) is 2.85. The molecule has 106 valence electrons. The molecule has 1 fully saturated rings. The molecule has 1 amide bonds. The van der Waals surface area contributed by atoms with Crippen LogP contribution in [0.4, 0.5) is 0 Å². The van der Waals surface area contributed by atoms with Crippen molar-refractivity contribution < 1.29 is 13.2 Å². The molecule has 1 aliphatic heterocycles. The number of aromatic nitrogens is 2. The van der Waals surface area contributed by atoms with Crippen LogP contribution in [0.2, 0.25) is 0 Å². The van der Waals surface area contributed by atoms with Gasteiger partial charge >= 0.3 is 0 Å². The molecular weight excluding hydrogens is 270 g/mol. The number of aryl methyl sites for hydroxylation is 1. The van der Waals surface area contributed by atoms with Crippen molar-refractivity contribution in [2.45, 2.75) is 6.92 Å². The molecule has 9 heteroatoms. The first-order valence-corrected chi connectivity index (χ1v) is 7.37. The first-order valence-electron chi connectivity index (χ1n) is 5.93. The molecule has 0 radical (unpaired) electrons. The predicted molar refractivity (Wildman–Crippen MR) is 68.8 cm³/mol. The highest BCUT2D eigenvalue weighted by Crippen LogP contribution is 2.09. The van der Waals surface area contributed by atoms with Gasteiger partial charge in [-0.3, -0.25) is 4.79 Å². The molecule has 2 N–H and O–H groups in total. The molecule has 1 aliphatic rings. The highest BCUT2D eigenvalue weighted by molar-refractivity contribution is 7.87. The van der Waals surface area contributed by atoms with E-state index in [1.807, 2.05) is 0 Å². The van der Waals surface area contributed by atoms with E-state index in [0.29, 0.717) is 37.7 Å². The number of imidazole rings is 1. The van der Waals surface area contributed by atoms with E-state index in [9.17, 15) is 13.2 Å². The van der Waals surface area contributed by atoms with Gasteiger partial charge in [-0.15, -0.1) is 0 Å². The van der Waals surface area contributed by atoms with Crippen LogP contribution in [0.1, 0.15) is 16.3 Å². The maximum Gasteiger partial charge on any atom is 0.279 e. The molecule has 0 saturated carbocycles. The van der Waals surface area contributed by atoms with Crippen LogP contribution < -0.4 is 4.72 Å². The molecule has 0 bridgehead atoms. The van der Waals surface area contributed by atoms with Crippen molar-refractivity contribution >= 4 is 16.1 Å². The van der Waals surface area contributed by atoms with E-state index < -0.39 is 10.2 Å². The van der Waals surface area contributed by atoms with Gasteiger partial charge in [-0.05, 0) is 6.92 Å². The minimum Gasteiger partial charge on any atom is -0.338 e. The molecule has 0 spiro atoms. The molecule has 0 atom stereocenters. The van der Waals surface area contributed by atoms with E-state index in [0.717, 1.165) is 0 Å². The summed E-state index contributed by atoms with van der Waals surface area (Å²) < 4.78 is 26.8. The van der Waals surface area contributed by atoms with E-state index in [2.05, 4.69) is 14.7 Å². The Morgan fingerprint density at radius 1 is 1.37 bits per heavy atom. The zero-order valence-corrected chi connectivity index (χ0v) is 11.7. The van der Waals surface area contributed by atoms with E-state index in [1.165, 1.54) is 17.5 Å². The number of carbonyl (C=O) groups is 1. The standard InChI is InChI=1S/C10H17N5O3S/c1-8-12-7-9(13-8)10(16)14-3-5-15(6-4-14)19(17,18)11-2/h7,11H,3-6H2,1-2H3,(H,12,13). The number of rotatable bonds is 3. The summed E-state index contributed by atoms with van der Waals surface area (Å²) in [5, 5.41) is 0. The monoisotopic (exact) mass is 287 g/mol. The summed E-state index contributed by atoms with van der Waals surface area (Å²) in [5.74, 6) is 0.529. The number of carbonyl (C=O) groups excluding carboxylic acids is 1. The number of nitrogens with one attached hydrogen (secondary N) is 2. The van der Waals surface area contributed by atoms with Gasteiger partial charge in [0.15, 0.2) is 0 Å². The summed E-state index contributed by atoms with van der Waals surface area (Å²) in [7, 11) is -2.03. The molecule has 0 aromatic carbocycles. The summed E-state index contributed by atoms with van der Waals surface area (Å²) in [6, 6.07) is 0. The van der Waals surface area contributed by atoms with Gasteiger partial charge in [-0.25, -0.2) is 9.71 Å². The second-order valence-corrected chi connectivity index (χ2v) is 6.16. The third-order valence-electron chi connectivity index (χ3n) is 3.06. The van der Waals surface area contributed by atoms with Gasteiger partial charge in [0.2, 0.25) is 0 Å². The lowest BCUT2D eigenvalue weighted by atomic mass is 10.3. The fraction of sp³-hybridized carbons (Fsp3) is 0.600. The number of amides is 1. The molecule has 0 aliphatic carbocycles. The van der Waals surface area contributed by atoms with Gasteiger partial charge in [-0.2, -0.15) is 12.7 Å². The Kier molecular flexibility index (Phi) is 3.88. The van der Waals surface area contributed by atoms with E-state index in [-0.39, 0.29) is 5.91 Å². The van der Waals surface area contributed by atoms with Crippen molar-refractivity contribution in [1.29, 1.82) is 0 Å². The van der Waals surface area contributed by atoms with Crippen LogP contribution in [0.25, 0.3) is 0 Å². The second kappa shape index (κ2) is 5.27. The molecule has 1 aromatic heterocycles. The van der Waals surface area contributed by atoms with Gasteiger partial charge in [0.05, 0.1) is 6.20 Å². The van der Waals surface area contributed by atoms with Gasteiger partial charge in [-0.1, -0.05) is 0 Å². The Bertz CT molecular complexity index is 559. The van der Waals surface area contributed by atoms with Gasteiger partial charge in [0.25, 0.3) is 16.1 Å². The Morgan fingerprint density at radius 2 is 2.00 bits per heavy atom. The van der Waals surface area contributed by atoms with E-state index in [1.54, 1.807) is 11.8 Å². The molecule has 8 nitrogen and oxygen atoms in total. The molecule has 2 rings (SSSR count). The van der Waals surface area contributed by atoms with Crippen LogP contribution in [0, 0.1) is 6.92 Å². The zero-order valence-electron chi connectivity index (χ0n) is 10.9. The molecule has 1 aromatic rings. The lowest BCUT2D eigenvalue weighted by Gasteiger charge is -2.33. The van der Waals surface area contributed by atoms with Gasteiger partial charge in [0.1, 0.15) is 11.5 Å². The minimum atomic E-state index is -3.41. The quantitative estimate of drug-likeness (QED) is 0.740. The van der Waals surface area contributed by atoms with Crippen LogP contribution in [-0.2, 0) is 10.2 Å². The van der Waals surface area contributed by atoms with Crippen molar-refractivity contribution in [3.8, 4) is 0 Å². The van der Waals surface area contributed by atoms with Crippen molar-refractivity contribution in [2.24, 2.45) is 0 Å². The van der Waals surface area contributed by atoms with Crippen LogP contribution in [-0.4, -0.2) is 66.7 Å². The maximum absolute atomic E-state index is 12.1. The lowest BCUT2D eigenvalue weighted by Crippen LogP contribution is -2.52. The molecule has 1 saturated heterocycles. The van der Waals surface area contributed by atoms with Crippen molar-refractivity contribution in [2.75, 3.05) is 33.2 Å². The minimum absolute atomic E-state index is 0.151. The number of nitrogens with zero attached hydrogens (tertiary/aromatic N) is 3. The summed E-state index contributed by atoms with van der Waals surface area (Å²) in [6.07, 6.45) is 1.49. The SMILES string of the molecule is CNS(=O)(=O)N1CCN(C(=O)c2cnc(C)[nH]2)CC1. The van der Waals surface area contributed by atoms with Crippen LogP contribution in [0.3, 0.4) is 0 Å². The smallest absolute Gasteiger partial charge is 0.279 e. The highest BCUT2D eigenvalue weighted by atomic mass is 32.2. The van der Waals surface area contributed by atoms with Crippen LogP contribution in [0.15, 0.2) is 6.20 Å². The van der Waals surface area contributed by atoms with Crippen LogP contribution >= 0.6 is 0 Å². The van der Waals surface area contributed by atoms with Gasteiger partial charge < -0.3 is 9.88 Å². The first-order chi connectivity index (χ1) is 8.94. The molecular formula is C10H17N5O3S. The Balaban J connectivity index is 1.99. The topological polar surface area (TPSA) is 98.4 Å². The number of H-pyrrole nitrogens is 1. The summed E-state index contributed by atoms with van der Waals surface area (Å²) in [4.78, 5) is 20.6. The maximum atomic E-state index is 12.1. The van der Waals surface area contributed by atoms with Crippen molar-refractivity contribution in [3.63, 3.8) is 0 Å². The third-order valence-corrected chi connectivity index (χ3v) is 4.62. The predicted octanol–water partition coefficient (Wildman–Crippen LogP) is -1.06. The van der Waals surface area contributed by atoms with Crippen molar-refractivity contribution in [1.82, 2.24) is 23.9 Å². The first kappa shape index (κ1) is 14.0. The Morgan fingerprint density at radius 3 is 2.47 bits per heavy atom. The summed E-state index contributed by atoms with van der Waals surface area (Å²) in [6.45, 7) is 3.11. The Labute approximate surface area is 112 Å². The number of piperazine rings is 1. The summed E-state index contributed by atoms with van der Waals surface area (Å²) >= 11 is 0. The van der Waals surface area contributed by atoms with Crippen LogP contribution in [0.5, 0.6) is 0 Å². The average molecular weight is 287 g/mol. The fourth-order valence-corrected chi connectivity index (χ4v) is 2.86. The fourth-order valence-electron chi connectivity index (χ4n) is 1.96. The van der Waals surface area contributed by atoms with Crippen molar-refractivity contribution in [3.05, 3.63) is 17.7 Å². The lowest BCUT2D eigenvalue weighted by molar-refractivity contribution is 0.0692. The third kappa shape index (κ3) is 2.94. The summed E-state index contributed by atoms with van der Waals surface area (Å²) in [5.41, 5.74) is 0.433. The number of aromatic amines is 1. The Hall–Kier alpha value is -1.45. The van der Waals surface area contributed by atoms with Gasteiger partial charge in [0, 0.05) is 33.2 Å². The largest absolute Gasteiger partial charge is 0.338 e. The van der Waals surface area contributed by atoms with E-state index >= 15 is 0 Å². The number of hydrogen-bond donors (Lipinski definition) is 2. The highest BCUT2D eigenvalue weighted by Gasteiger charge is 2.28. The second-order valence-electron chi connectivity index (χ2n) is 4.28. The van der Waals surface area contributed by atoms with E-state index in [4.69, 9.17) is 0 Å². The molecule has 19 heavy (non-hydrogen) atoms. The normalized spacial score (nSPS) is 17.7.